The Bertz CT molecular complexity index is 617. The highest BCUT2D eigenvalue weighted by Gasteiger charge is 2.48. The molecule has 8 nitrogen and oxygen atoms in total. The molecule has 2 heterocycles. The minimum atomic E-state index is -1.20. The molecule has 0 radical (unpaired) electrons. The molecule has 1 aromatic carbocycles. The van der Waals surface area contributed by atoms with Crippen LogP contribution in [0.25, 0.3) is 6.08 Å². The molecule has 0 aliphatic carbocycles. The Balaban J connectivity index is 1.66. The van der Waals surface area contributed by atoms with E-state index >= 15 is 0 Å². The van der Waals surface area contributed by atoms with E-state index in [0.717, 1.165) is 5.56 Å². The highest BCUT2D eigenvalue weighted by Crippen LogP contribution is 2.30. The van der Waals surface area contributed by atoms with Gasteiger partial charge in [-0.3, -0.25) is 0 Å². The quantitative estimate of drug-likeness (QED) is 0.706. The Kier molecular flexibility index (Phi) is 5.57. The minimum absolute atomic E-state index is 0.0526. The van der Waals surface area contributed by atoms with E-state index in [1.807, 2.05) is 0 Å². The van der Waals surface area contributed by atoms with Gasteiger partial charge in [0, 0.05) is 7.11 Å². The lowest BCUT2D eigenvalue weighted by molar-refractivity contribution is -0.347. The molecular weight excluding hydrogens is 332 g/mol. The number of aromatic hydroxyl groups is 1. The average molecular weight is 354 g/mol. The monoisotopic (exact) mass is 354 g/mol. The van der Waals surface area contributed by atoms with Crippen molar-refractivity contribution in [2.45, 2.75) is 37.0 Å². The van der Waals surface area contributed by atoms with Crippen LogP contribution in [0.3, 0.4) is 0 Å². The number of rotatable bonds is 4. The lowest BCUT2D eigenvalue weighted by Crippen LogP contribution is -2.62. The molecule has 2 aliphatic heterocycles. The third-order valence-corrected chi connectivity index (χ3v) is 4.24. The first-order chi connectivity index (χ1) is 12.0. The standard InChI is InChI=1S/C17H22O8/c1-21-11-7-9(3-5-10(11)18)4-6-13-23-8-12-16(25-13)14(19)15(20)17(22-2)24-12/h3-7,12-20H,8H2,1-2H3/b6-4+/t12-,13?,14-,15-,16-,17?/m1/s1. The smallest absolute Gasteiger partial charge is 0.186 e. The predicted octanol–water partition coefficient (Wildman–Crippen LogP) is 0.249. The second-order valence-electron chi connectivity index (χ2n) is 5.85. The van der Waals surface area contributed by atoms with Gasteiger partial charge in [-0.2, -0.15) is 0 Å². The van der Waals surface area contributed by atoms with Gasteiger partial charge < -0.3 is 39.0 Å². The zero-order chi connectivity index (χ0) is 18.0. The van der Waals surface area contributed by atoms with Crippen molar-refractivity contribution in [1.82, 2.24) is 0 Å². The van der Waals surface area contributed by atoms with Gasteiger partial charge >= 0.3 is 0 Å². The Morgan fingerprint density at radius 3 is 2.68 bits per heavy atom. The molecule has 0 aromatic heterocycles. The largest absolute Gasteiger partial charge is 0.504 e. The van der Waals surface area contributed by atoms with Gasteiger partial charge in [0.2, 0.25) is 0 Å². The summed E-state index contributed by atoms with van der Waals surface area (Å²) in [5.74, 6) is 0.411. The van der Waals surface area contributed by atoms with E-state index in [9.17, 15) is 15.3 Å². The lowest BCUT2D eigenvalue weighted by Gasteiger charge is -2.45. The van der Waals surface area contributed by atoms with Gasteiger partial charge in [0.05, 0.1) is 13.7 Å². The highest BCUT2D eigenvalue weighted by atomic mass is 16.7. The van der Waals surface area contributed by atoms with E-state index < -0.39 is 37.0 Å². The molecule has 2 saturated heterocycles. The lowest BCUT2D eigenvalue weighted by atomic mass is 9.98. The van der Waals surface area contributed by atoms with Crippen LogP contribution in [-0.4, -0.2) is 73.1 Å². The van der Waals surface area contributed by atoms with Crippen molar-refractivity contribution in [3.8, 4) is 11.5 Å². The highest BCUT2D eigenvalue weighted by molar-refractivity contribution is 5.55. The van der Waals surface area contributed by atoms with Crippen LogP contribution in [-0.2, 0) is 18.9 Å². The maximum Gasteiger partial charge on any atom is 0.186 e. The molecule has 1 aromatic rings. The van der Waals surface area contributed by atoms with Crippen molar-refractivity contribution in [2.24, 2.45) is 0 Å². The molecule has 2 fully saturated rings. The fourth-order valence-electron chi connectivity index (χ4n) is 2.88. The van der Waals surface area contributed by atoms with Crippen LogP contribution in [0.1, 0.15) is 5.56 Å². The summed E-state index contributed by atoms with van der Waals surface area (Å²) in [6.07, 6.45) is -1.79. The second kappa shape index (κ2) is 7.69. The summed E-state index contributed by atoms with van der Waals surface area (Å²) < 4.78 is 26.8. The van der Waals surface area contributed by atoms with Crippen LogP contribution in [0.2, 0.25) is 0 Å². The molecule has 3 N–H and O–H groups in total. The van der Waals surface area contributed by atoms with Crippen molar-refractivity contribution >= 4 is 6.08 Å². The summed E-state index contributed by atoms with van der Waals surface area (Å²) >= 11 is 0. The van der Waals surface area contributed by atoms with Crippen LogP contribution >= 0.6 is 0 Å². The van der Waals surface area contributed by atoms with Crippen molar-refractivity contribution in [3.63, 3.8) is 0 Å². The van der Waals surface area contributed by atoms with Crippen LogP contribution in [0.4, 0.5) is 0 Å². The number of fused-ring (bicyclic) bond motifs is 1. The van der Waals surface area contributed by atoms with Crippen molar-refractivity contribution < 1.29 is 39.0 Å². The van der Waals surface area contributed by atoms with Crippen LogP contribution in [0.5, 0.6) is 11.5 Å². The Labute approximate surface area is 145 Å². The van der Waals surface area contributed by atoms with Gasteiger partial charge in [0.25, 0.3) is 0 Å². The van der Waals surface area contributed by atoms with Gasteiger partial charge in [0.1, 0.15) is 24.4 Å². The summed E-state index contributed by atoms with van der Waals surface area (Å²) in [7, 11) is 2.86. The van der Waals surface area contributed by atoms with Crippen LogP contribution < -0.4 is 4.74 Å². The molecule has 0 spiro atoms. The van der Waals surface area contributed by atoms with E-state index in [0.29, 0.717) is 5.75 Å². The number of aliphatic hydroxyl groups excluding tert-OH is 2. The molecule has 3 rings (SSSR count). The number of methoxy groups -OCH3 is 2. The average Bonchev–Trinajstić information content (AvgIpc) is 2.64. The summed E-state index contributed by atoms with van der Waals surface area (Å²) in [5, 5.41) is 29.8. The number of phenolic OH excluding ortho intramolecular Hbond substituents is 1. The molecule has 25 heavy (non-hydrogen) atoms. The fraction of sp³-hybridized carbons (Fsp3) is 0.529. The molecular formula is C17H22O8. The Morgan fingerprint density at radius 2 is 1.96 bits per heavy atom. The molecule has 0 saturated carbocycles. The molecule has 138 valence electrons. The van der Waals surface area contributed by atoms with Crippen LogP contribution in [0, 0.1) is 0 Å². The summed E-state index contributed by atoms with van der Waals surface area (Å²) in [6.45, 7) is 0.197. The topological polar surface area (TPSA) is 107 Å². The van der Waals surface area contributed by atoms with E-state index in [2.05, 4.69) is 0 Å². The van der Waals surface area contributed by atoms with Gasteiger partial charge in [0.15, 0.2) is 24.1 Å². The minimum Gasteiger partial charge on any atom is -0.504 e. The van der Waals surface area contributed by atoms with Crippen molar-refractivity contribution in [3.05, 3.63) is 29.8 Å². The SMILES string of the molecule is COc1cc(/C=C/C2OC[C@H]3OC(OC)[C@H](O)[C@@H](O)[C@@H]3O2)ccc1O. The number of ether oxygens (including phenoxy) is 5. The molecule has 8 heteroatoms. The predicted molar refractivity (Wildman–Crippen MR) is 86.0 cm³/mol. The van der Waals surface area contributed by atoms with Gasteiger partial charge in [-0.1, -0.05) is 12.1 Å². The first-order valence-corrected chi connectivity index (χ1v) is 7.90. The third-order valence-electron chi connectivity index (χ3n) is 4.24. The zero-order valence-corrected chi connectivity index (χ0v) is 13.9. The zero-order valence-electron chi connectivity index (χ0n) is 13.9. The summed E-state index contributed by atoms with van der Waals surface area (Å²) in [5.41, 5.74) is 0.781. The van der Waals surface area contributed by atoms with Crippen molar-refractivity contribution in [2.75, 3.05) is 20.8 Å². The first-order valence-electron chi connectivity index (χ1n) is 7.90. The number of aliphatic hydroxyl groups is 2. The summed E-state index contributed by atoms with van der Waals surface area (Å²) in [4.78, 5) is 0. The summed E-state index contributed by atoms with van der Waals surface area (Å²) in [6, 6.07) is 4.91. The van der Waals surface area contributed by atoms with E-state index in [4.69, 9.17) is 23.7 Å². The first kappa shape index (κ1) is 18.1. The van der Waals surface area contributed by atoms with Gasteiger partial charge in [-0.15, -0.1) is 0 Å². The normalized spacial score (nSPS) is 35.5. The molecule has 2 aliphatic rings. The van der Waals surface area contributed by atoms with E-state index in [-0.39, 0.29) is 12.4 Å². The number of phenols is 1. The second-order valence-corrected chi connectivity index (χ2v) is 5.85. The molecule has 0 amide bonds. The maximum absolute atomic E-state index is 10.2. The molecule has 0 bridgehead atoms. The third kappa shape index (κ3) is 3.79. The number of hydrogen-bond donors (Lipinski definition) is 3. The molecule has 6 atom stereocenters. The van der Waals surface area contributed by atoms with Crippen LogP contribution in [0.15, 0.2) is 24.3 Å². The number of hydrogen-bond acceptors (Lipinski definition) is 8. The van der Waals surface area contributed by atoms with E-state index in [1.54, 1.807) is 24.3 Å². The van der Waals surface area contributed by atoms with Gasteiger partial charge in [-0.25, -0.2) is 0 Å². The fourth-order valence-corrected chi connectivity index (χ4v) is 2.88. The molecule has 2 unspecified atom stereocenters. The van der Waals surface area contributed by atoms with Gasteiger partial charge in [-0.05, 0) is 23.8 Å². The Hall–Kier alpha value is -1.68. The van der Waals surface area contributed by atoms with Crippen molar-refractivity contribution in [1.29, 1.82) is 0 Å². The maximum atomic E-state index is 10.2. The Morgan fingerprint density at radius 1 is 1.16 bits per heavy atom. The number of benzene rings is 1. The van der Waals surface area contributed by atoms with E-state index in [1.165, 1.54) is 20.3 Å².